The number of hydrogen-bond donors (Lipinski definition) is 1. The van der Waals surface area contributed by atoms with E-state index < -0.39 is 11.7 Å². The molecule has 0 aliphatic rings. The smallest absolute Gasteiger partial charge is 0.396 e. The van der Waals surface area contributed by atoms with E-state index in [1.165, 1.54) is 12.3 Å². The number of aliphatic hydroxyl groups is 1. The highest BCUT2D eigenvalue weighted by Gasteiger charge is 2.34. The Kier molecular flexibility index (Phi) is 5.74. The molecular weight excluding hydrogens is 305 g/mol. The lowest BCUT2D eigenvalue weighted by molar-refractivity contribution is -0.138. The Morgan fingerprint density at radius 3 is 2.43 bits per heavy atom. The van der Waals surface area contributed by atoms with Crippen molar-refractivity contribution in [2.24, 2.45) is 0 Å². The van der Waals surface area contributed by atoms with Crippen molar-refractivity contribution in [1.29, 1.82) is 0 Å². The molecule has 1 aromatic heterocycles. The molecule has 124 valence electrons. The van der Waals surface area contributed by atoms with Crippen LogP contribution in [0.5, 0.6) is 0 Å². The topological polar surface area (TPSA) is 36.4 Å². The maximum absolute atomic E-state index is 13.1. The molecule has 0 radical (unpaired) electrons. The summed E-state index contributed by atoms with van der Waals surface area (Å²) in [6.07, 6.45) is -2.62. The molecule has 0 saturated carbocycles. The van der Waals surface area contributed by atoms with Crippen LogP contribution < -0.4 is 0 Å². The van der Waals surface area contributed by atoms with Crippen molar-refractivity contribution >= 4 is 0 Å². The molecule has 1 unspecified atom stereocenters. The SMILES string of the molecule is CN(Cc1ncccc1C(F)(F)F)C(CCO)c1ccccc1. The molecule has 0 bridgehead atoms. The number of benzene rings is 1. The van der Waals surface area contributed by atoms with Crippen LogP contribution in [-0.2, 0) is 12.7 Å². The lowest BCUT2D eigenvalue weighted by Crippen LogP contribution is -2.27. The summed E-state index contributed by atoms with van der Waals surface area (Å²) in [5.41, 5.74) is 0.220. The zero-order valence-electron chi connectivity index (χ0n) is 12.8. The third-order valence-electron chi connectivity index (χ3n) is 3.71. The van der Waals surface area contributed by atoms with E-state index in [0.717, 1.165) is 11.6 Å². The summed E-state index contributed by atoms with van der Waals surface area (Å²) in [5.74, 6) is 0. The molecular formula is C17H19F3N2O. The molecule has 0 aliphatic heterocycles. The van der Waals surface area contributed by atoms with Gasteiger partial charge < -0.3 is 5.11 Å². The van der Waals surface area contributed by atoms with Crippen LogP contribution in [0.1, 0.15) is 29.3 Å². The third kappa shape index (κ3) is 4.53. The van der Waals surface area contributed by atoms with Gasteiger partial charge in [-0.05, 0) is 31.2 Å². The van der Waals surface area contributed by atoms with Crippen molar-refractivity contribution in [3.63, 3.8) is 0 Å². The maximum atomic E-state index is 13.1. The van der Waals surface area contributed by atoms with E-state index in [-0.39, 0.29) is 24.9 Å². The normalized spacial score (nSPS) is 13.3. The minimum Gasteiger partial charge on any atom is -0.396 e. The summed E-state index contributed by atoms with van der Waals surface area (Å²) in [7, 11) is 1.74. The van der Waals surface area contributed by atoms with Gasteiger partial charge in [0.25, 0.3) is 0 Å². The Morgan fingerprint density at radius 2 is 1.83 bits per heavy atom. The van der Waals surface area contributed by atoms with Gasteiger partial charge >= 0.3 is 6.18 Å². The summed E-state index contributed by atoms with van der Waals surface area (Å²) in [6.45, 7) is 0.00743. The number of halogens is 3. The van der Waals surface area contributed by atoms with Gasteiger partial charge in [0.2, 0.25) is 0 Å². The van der Waals surface area contributed by atoms with Gasteiger partial charge in [-0.3, -0.25) is 9.88 Å². The van der Waals surface area contributed by atoms with E-state index >= 15 is 0 Å². The molecule has 2 rings (SSSR count). The first kappa shape index (κ1) is 17.4. The van der Waals surface area contributed by atoms with E-state index in [2.05, 4.69) is 4.98 Å². The Morgan fingerprint density at radius 1 is 1.13 bits per heavy atom. The van der Waals surface area contributed by atoms with E-state index in [0.29, 0.717) is 6.42 Å². The van der Waals surface area contributed by atoms with Crippen molar-refractivity contribution in [3.8, 4) is 0 Å². The first-order valence-electron chi connectivity index (χ1n) is 7.30. The van der Waals surface area contributed by atoms with Crippen molar-refractivity contribution in [2.75, 3.05) is 13.7 Å². The number of aliphatic hydroxyl groups excluding tert-OH is 1. The zero-order chi connectivity index (χ0) is 16.9. The lowest BCUT2D eigenvalue weighted by atomic mass is 10.0. The van der Waals surface area contributed by atoms with Gasteiger partial charge in [-0.15, -0.1) is 0 Å². The van der Waals surface area contributed by atoms with Crippen LogP contribution in [0.3, 0.4) is 0 Å². The maximum Gasteiger partial charge on any atom is 0.418 e. The van der Waals surface area contributed by atoms with Gasteiger partial charge in [0.05, 0.1) is 11.3 Å². The number of pyridine rings is 1. The molecule has 1 heterocycles. The van der Waals surface area contributed by atoms with Crippen molar-refractivity contribution < 1.29 is 18.3 Å². The molecule has 3 nitrogen and oxygen atoms in total. The fraction of sp³-hybridized carbons (Fsp3) is 0.353. The molecule has 1 atom stereocenters. The predicted molar refractivity (Wildman–Crippen MR) is 81.6 cm³/mol. The molecule has 23 heavy (non-hydrogen) atoms. The Balaban J connectivity index is 2.25. The number of aromatic nitrogens is 1. The number of alkyl halides is 3. The fourth-order valence-corrected chi connectivity index (χ4v) is 2.61. The minimum atomic E-state index is -4.43. The largest absolute Gasteiger partial charge is 0.418 e. The summed E-state index contributed by atoms with van der Waals surface area (Å²) < 4.78 is 39.2. The average Bonchev–Trinajstić information content (AvgIpc) is 2.53. The highest BCUT2D eigenvalue weighted by Crippen LogP contribution is 2.32. The van der Waals surface area contributed by atoms with Crippen LogP contribution in [0.4, 0.5) is 13.2 Å². The van der Waals surface area contributed by atoms with Crippen LogP contribution >= 0.6 is 0 Å². The van der Waals surface area contributed by atoms with Crippen LogP contribution in [0, 0.1) is 0 Å². The molecule has 0 amide bonds. The van der Waals surface area contributed by atoms with Crippen LogP contribution in [0.25, 0.3) is 0 Å². The van der Waals surface area contributed by atoms with Gasteiger partial charge in [-0.2, -0.15) is 13.2 Å². The molecule has 6 heteroatoms. The lowest BCUT2D eigenvalue weighted by Gasteiger charge is -2.28. The Bertz CT molecular complexity index is 617. The number of nitrogens with zero attached hydrogens (tertiary/aromatic N) is 2. The number of hydrogen-bond acceptors (Lipinski definition) is 3. The second kappa shape index (κ2) is 7.57. The van der Waals surface area contributed by atoms with Crippen molar-refractivity contribution in [1.82, 2.24) is 9.88 Å². The van der Waals surface area contributed by atoms with E-state index in [9.17, 15) is 18.3 Å². The molecule has 2 aromatic rings. The molecule has 1 N–H and O–H groups in total. The Labute approximate surface area is 133 Å². The summed E-state index contributed by atoms with van der Waals surface area (Å²) in [6, 6.07) is 11.6. The monoisotopic (exact) mass is 324 g/mol. The first-order chi connectivity index (χ1) is 10.9. The fourth-order valence-electron chi connectivity index (χ4n) is 2.61. The van der Waals surface area contributed by atoms with Gasteiger partial charge in [0, 0.05) is 25.4 Å². The van der Waals surface area contributed by atoms with Gasteiger partial charge in [-0.1, -0.05) is 30.3 Å². The molecule has 1 aromatic carbocycles. The van der Waals surface area contributed by atoms with E-state index in [4.69, 9.17) is 0 Å². The van der Waals surface area contributed by atoms with Crippen molar-refractivity contribution in [3.05, 3.63) is 65.5 Å². The second-order valence-electron chi connectivity index (χ2n) is 5.35. The average molecular weight is 324 g/mol. The summed E-state index contributed by atoms with van der Waals surface area (Å²) in [5, 5.41) is 9.27. The quantitative estimate of drug-likeness (QED) is 0.881. The van der Waals surface area contributed by atoms with Crippen LogP contribution in [0.2, 0.25) is 0 Å². The number of rotatable bonds is 6. The van der Waals surface area contributed by atoms with Gasteiger partial charge in [0.15, 0.2) is 0 Å². The molecule has 0 aliphatic carbocycles. The summed E-state index contributed by atoms with van der Waals surface area (Å²) in [4.78, 5) is 5.68. The second-order valence-corrected chi connectivity index (χ2v) is 5.35. The van der Waals surface area contributed by atoms with Gasteiger partial charge in [0.1, 0.15) is 0 Å². The first-order valence-corrected chi connectivity index (χ1v) is 7.30. The highest BCUT2D eigenvalue weighted by molar-refractivity contribution is 5.24. The van der Waals surface area contributed by atoms with Crippen LogP contribution in [0.15, 0.2) is 48.7 Å². The summed E-state index contributed by atoms with van der Waals surface area (Å²) >= 11 is 0. The standard InChI is InChI=1S/C17H19F3N2O/c1-22(16(9-11-23)13-6-3-2-4-7-13)12-15-14(17(18,19)20)8-5-10-21-15/h2-8,10,16,23H,9,11-12H2,1H3. The minimum absolute atomic E-state index is 0.0126. The third-order valence-corrected chi connectivity index (χ3v) is 3.71. The zero-order valence-corrected chi connectivity index (χ0v) is 12.8. The van der Waals surface area contributed by atoms with Crippen molar-refractivity contribution in [2.45, 2.75) is 25.2 Å². The molecule has 0 fully saturated rings. The van der Waals surface area contributed by atoms with E-state index in [1.54, 1.807) is 11.9 Å². The molecule has 0 saturated heterocycles. The van der Waals surface area contributed by atoms with Crippen LogP contribution in [-0.4, -0.2) is 28.6 Å². The van der Waals surface area contributed by atoms with E-state index in [1.807, 2.05) is 30.3 Å². The van der Waals surface area contributed by atoms with Gasteiger partial charge in [-0.25, -0.2) is 0 Å². The molecule has 0 spiro atoms. The highest BCUT2D eigenvalue weighted by atomic mass is 19.4. The Hall–Kier alpha value is -1.92. The predicted octanol–water partition coefficient (Wildman–Crippen LogP) is 3.66.